The maximum Gasteiger partial charge on any atom is 0.0586 e. The van der Waals surface area contributed by atoms with E-state index in [2.05, 4.69) is 40.1 Å². The van der Waals surface area contributed by atoms with Crippen LogP contribution in [0.15, 0.2) is 30.3 Å². The van der Waals surface area contributed by atoms with Crippen LogP contribution in [0.4, 0.5) is 5.69 Å². The molecule has 0 radical (unpaired) electrons. The van der Waals surface area contributed by atoms with Crippen LogP contribution in [0.25, 0.3) is 0 Å². The third-order valence-electron chi connectivity index (χ3n) is 5.19. The molecule has 1 N–H and O–H groups in total. The minimum atomic E-state index is 0.336. The van der Waals surface area contributed by atoms with Gasteiger partial charge in [0.15, 0.2) is 0 Å². The van der Waals surface area contributed by atoms with E-state index in [1.165, 1.54) is 64.0 Å². The summed E-state index contributed by atoms with van der Waals surface area (Å²) in [6.45, 7) is 5.06. The Balaban J connectivity index is 1.49. The average molecular weight is 288 g/mol. The molecule has 0 unspecified atom stereocenters. The minimum absolute atomic E-state index is 0.336. The number of rotatable bonds is 4. The van der Waals surface area contributed by atoms with Crippen LogP contribution in [0.2, 0.25) is 0 Å². The molecule has 21 heavy (non-hydrogen) atoms. The molecular formula is C18H28N2O. The lowest BCUT2D eigenvalue weighted by atomic mass is 9.93. The van der Waals surface area contributed by atoms with Crippen LogP contribution in [-0.2, 0) is 0 Å². The second-order valence-corrected chi connectivity index (χ2v) is 6.59. The number of likely N-dealkylation sites (tertiary alicyclic amines) is 1. The van der Waals surface area contributed by atoms with E-state index < -0.39 is 0 Å². The van der Waals surface area contributed by atoms with Gasteiger partial charge in [-0.1, -0.05) is 24.6 Å². The Morgan fingerprint density at radius 1 is 0.952 bits per heavy atom. The maximum atomic E-state index is 9.53. The van der Waals surface area contributed by atoms with Gasteiger partial charge in [-0.25, -0.2) is 0 Å². The number of anilines is 1. The van der Waals surface area contributed by atoms with Crippen molar-refractivity contribution in [3.05, 3.63) is 30.3 Å². The Hall–Kier alpha value is -1.06. The number of hydrogen-bond acceptors (Lipinski definition) is 3. The van der Waals surface area contributed by atoms with Crippen molar-refractivity contribution in [1.29, 1.82) is 0 Å². The molecule has 3 nitrogen and oxygen atoms in total. The summed E-state index contributed by atoms with van der Waals surface area (Å²) in [6, 6.07) is 11.2. The summed E-state index contributed by atoms with van der Waals surface area (Å²) in [4.78, 5) is 5.06. The molecule has 0 bridgehead atoms. The molecule has 2 fully saturated rings. The largest absolute Gasteiger partial charge is 0.395 e. The summed E-state index contributed by atoms with van der Waals surface area (Å²) in [7, 11) is 0. The van der Waals surface area contributed by atoms with Gasteiger partial charge in [0.1, 0.15) is 0 Å². The quantitative estimate of drug-likeness (QED) is 0.923. The Morgan fingerprint density at radius 3 is 2.43 bits per heavy atom. The first-order valence-corrected chi connectivity index (χ1v) is 8.51. The van der Waals surface area contributed by atoms with Gasteiger partial charge < -0.3 is 10.0 Å². The molecule has 0 amide bonds. The predicted molar refractivity (Wildman–Crippen MR) is 87.7 cm³/mol. The standard InChI is InChI=1S/C18H28N2O/c21-15-18-8-4-5-11-20(18)14-16-9-12-19(13-10-16)17-6-2-1-3-7-17/h1-3,6-7,16,18,21H,4-5,8-15H2/t18-/m0/s1. The number of hydrogen-bond donors (Lipinski definition) is 1. The van der Waals surface area contributed by atoms with Crippen LogP contribution in [0, 0.1) is 5.92 Å². The monoisotopic (exact) mass is 288 g/mol. The average Bonchev–Trinajstić information content (AvgIpc) is 2.57. The molecule has 1 atom stereocenters. The molecule has 2 saturated heterocycles. The summed E-state index contributed by atoms with van der Waals surface area (Å²) < 4.78 is 0. The van der Waals surface area contributed by atoms with Crippen molar-refractivity contribution in [2.75, 3.05) is 37.7 Å². The fourth-order valence-electron chi connectivity index (χ4n) is 3.85. The van der Waals surface area contributed by atoms with E-state index in [9.17, 15) is 5.11 Å². The molecule has 3 rings (SSSR count). The Labute approximate surface area is 128 Å². The molecule has 116 valence electrons. The number of nitrogens with zero attached hydrogens (tertiary/aromatic N) is 2. The highest BCUT2D eigenvalue weighted by Crippen LogP contribution is 2.26. The third-order valence-corrected chi connectivity index (χ3v) is 5.19. The zero-order chi connectivity index (χ0) is 14.5. The van der Waals surface area contributed by atoms with E-state index in [1.807, 2.05) is 0 Å². The molecule has 2 aliphatic heterocycles. The molecule has 3 heteroatoms. The van der Waals surface area contributed by atoms with Gasteiger partial charge in [-0.15, -0.1) is 0 Å². The van der Waals surface area contributed by atoms with Gasteiger partial charge in [0.2, 0.25) is 0 Å². The van der Waals surface area contributed by atoms with Crippen molar-refractivity contribution in [2.45, 2.75) is 38.1 Å². The van der Waals surface area contributed by atoms with Crippen LogP contribution >= 0.6 is 0 Å². The number of benzene rings is 1. The second-order valence-electron chi connectivity index (χ2n) is 6.59. The SMILES string of the molecule is OC[C@@H]1CCCCN1CC1CCN(c2ccccc2)CC1. The highest BCUT2D eigenvalue weighted by atomic mass is 16.3. The first kappa shape index (κ1) is 14.9. The summed E-state index contributed by atoms with van der Waals surface area (Å²) in [5.74, 6) is 0.803. The lowest BCUT2D eigenvalue weighted by Gasteiger charge is -2.40. The molecule has 0 spiro atoms. The fourth-order valence-corrected chi connectivity index (χ4v) is 3.85. The molecule has 1 aromatic carbocycles. The Morgan fingerprint density at radius 2 is 1.71 bits per heavy atom. The second kappa shape index (κ2) is 7.28. The lowest BCUT2D eigenvalue weighted by molar-refractivity contribution is 0.0720. The van der Waals surface area contributed by atoms with E-state index in [1.54, 1.807) is 0 Å². The zero-order valence-corrected chi connectivity index (χ0v) is 13.0. The Bertz CT molecular complexity index is 414. The van der Waals surface area contributed by atoms with E-state index in [0.29, 0.717) is 12.6 Å². The third kappa shape index (κ3) is 3.78. The van der Waals surface area contributed by atoms with Crippen LogP contribution in [0.5, 0.6) is 0 Å². The first-order valence-electron chi connectivity index (χ1n) is 8.51. The molecule has 1 aromatic rings. The van der Waals surface area contributed by atoms with Gasteiger partial charge in [-0.3, -0.25) is 4.90 Å². The molecule has 0 aliphatic carbocycles. The van der Waals surface area contributed by atoms with E-state index in [4.69, 9.17) is 0 Å². The number of aliphatic hydroxyl groups is 1. The van der Waals surface area contributed by atoms with Crippen molar-refractivity contribution in [3.8, 4) is 0 Å². The number of aliphatic hydroxyl groups excluding tert-OH is 1. The topological polar surface area (TPSA) is 26.7 Å². The molecule has 2 heterocycles. The van der Waals surface area contributed by atoms with Crippen LogP contribution in [-0.4, -0.2) is 48.8 Å². The van der Waals surface area contributed by atoms with Gasteiger partial charge in [0, 0.05) is 31.4 Å². The van der Waals surface area contributed by atoms with E-state index in [0.717, 1.165) is 5.92 Å². The molecular weight excluding hydrogens is 260 g/mol. The summed E-state index contributed by atoms with van der Waals surface area (Å²) >= 11 is 0. The number of piperidine rings is 2. The van der Waals surface area contributed by atoms with E-state index >= 15 is 0 Å². The van der Waals surface area contributed by atoms with Gasteiger partial charge >= 0.3 is 0 Å². The molecule has 2 aliphatic rings. The number of para-hydroxylation sites is 1. The van der Waals surface area contributed by atoms with Crippen molar-refractivity contribution >= 4 is 5.69 Å². The smallest absolute Gasteiger partial charge is 0.0586 e. The normalized spacial score (nSPS) is 25.2. The van der Waals surface area contributed by atoms with Crippen molar-refractivity contribution in [1.82, 2.24) is 4.90 Å². The predicted octanol–water partition coefficient (Wildman–Crippen LogP) is 2.75. The van der Waals surface area contributed by atoms with Crippen LogP contribution in [0.3, 0.4) is 0 Å². The van der Waals surface area contributed by atoms with Crippen molar-refractivity contribution in [2.24, 2.45) is 5.92 Å². The van der Waals surface area contributed by atoms with Crippen molar-refractivity contribution in [3.63, 3.8) is 0 Å². The van der Waals surface area contributed by atoms with Gasteiger partial charge in [0.25, 0.3) is 0 Å². The van der Waals surface area contributed by atoms with Crippen LogP contribution in [0.1, 0.15) is 32.1 Å². The maximum absolute atomic E-state index is 9.53. The van der Waals surface area contributed by atoms with Crippen LogP contribution < -0.4 is 4.90 Å². The van der Waals surface area contributed by atoms with Crippen molar-refractivity contribution < 1.29 is 5.11 Å². The van der Waals surface area contributed by atoms with Gasteiger partial charge in [-0.05, 0) is 50.3 Å². The summed E-state index contributed by atoms with van der Waals surface area (Å²) in [5.41, 5.74) is 1.36. The highest BCUT2D eigenvalue weighted by Gasteiger charge is 2.26. The fraction of sp³-hybridized carbons (Fsp3) is 0.667. The molecule has 0 aromatic heterocycles. The molecule has 0 saturated carbocycles. The van der Waals surface area contributed by atoms with Gasteiger partial charge in [0.05, 0.1) is 6.61 Å². The zero-order valence-electron chi connectivity index (χ0n) is 13.0. The summed E-state index contributed by atoms with van der Waals surface area (Å²) in [6.07, 6.45) is 6.33. The first-order chi connectivity index (χ1) is 10.4. The highest BCUT2D eigenvalue weighted by molar-refractivity contribution is 5.46. The minimum Gasteiger partial charge on any atom is -0.395 e. The summed E-state index contributed by atoms with van der Waals surface area (Å²) in [5, 5.41) is 9.53. The lowest BCUT2D eigenvalue weighted by Crippen LogP contribution is -2.46. The van der Waals surface area contributed by atoms with Gasteiger partial charge in [-0.2, -0.15) is 0 Å². The van der Waals surface area contributed by atoms with E-state index in [-0.39, 0.29) is 0 Å². The Kier molecular flexibility index (Phi) is 5.15.